The lowest BCUT2D eigenvalue weighted by Crippen LogP contribution is -2.55. The number of nitrogens with zero attached hydrogens (tertiary/aromatic N) is 1. The number of carbonyl (C=O) groups is 3. The summed E-state index contributed by atoms with van der Waals surface area (Å²) in [5.41, 5.74) is 0. The molecule has 2 unspecified atom stereocenters. The molecule has 0 amide bonds. The lowest BCUT2D eigenvalue weighted by atomic mass is 10.0. The van der Waals surface area contributed by atoms with Crippen LogP contribution in [-0.2, 0) is 28.6 Å². The summed E-state index contributed by atoms with van der Waals surface area (Å²) in [5, 5.41) is 11.6. The lowest BCUT2D eigenvalue weighted by Gasteiger charge is -2.34. The first-order valence-corrected chi connectivity index (χ1v) is 21.2. The lowest BCUT2D eigenvalue weighted by molar-refractivity contribution is -0.889. The highest BCUT2D eigenvalue weighted by molar-refractivity contribution is 5.70. The van der Waals surface area contributed by atoms with Gasteiger partial charge in [0, 0.05) is 19.3 Å². The van der Waals surface area contributed by atoms with Gasteiger partial charge in [0.15, 0.2) is 6.10 Å². The Morgan fingerprint density at radius 2 is 1.08 bits per heavy atom. The van der Waals surface area contributed by atoms with Crippen molar-refractivity contribution in [1.29, 1.82) is 0 Å². The van der Waals surface area contributed by atoms with Gasteiger partial charge in [0.05, 0.1) is 40.3 Å². The smallest absolute Gasteiger partial charge is 0.306 e. The van der Waals surface area contributed by atoms with Gasteiger partial charge in [-0.25, -0.2) is 0 Å². The summed E-state index contributed by atoms with van der Waals surface area (Å²) in [6.07, 6.45) is 41.5. The second kappa shape index (κ2) is 36.3. The Bertz CT molecular complexity index is 1010. The monoisotopic (exact) mass is 746 g/mol. The highest BCUT2D eigenvalue weighted by atomic mass is 16.6. The van der Waals surface area contributed by atoms with E-state index in [-0.39, 0.29) is 42.7 Å². The van der Waals surface area contributed by atoms with Gasteiger partial charge in [0.1, 0.15) is 12.6 Å². The number of hydrogen-bond donors (Lipinski definition) is 0. The minimum Gasteiger partial charge on any atom is -0.544 e. The number of allylic oxidation sites excluding steroid dienone is 8. The normalized spacial score (nSPS) is 13.5. The summed E-state index contributed by atoms with van der Waals surface area (Å²) in [4.78, 5) is 36.7. The molecule has 0 heterocycles. The number of hydrogen-bond acceptors (Lipinski definition) is 7. The van der Waals surface area contributed by atoms with E-state index in [1.54, 1.807) is 21.1 Å². The number of likely N-dealkylation sites (N-methyl/N-ethyl adjacent to an activating group) is 1. The first-order valence-electron chi connectivity index (χ1n) is 21.2. The second-order valence-corrected chi connectivity index (χ2v) is 15.2. The highest BCUT2D eigenvalue weighted by Crippen LogP contribution is 2.14. The van der Waals surface area contributed by atoms with Crippen LogP contribution < -0.4 is 5.11 Å². The molecule has 53 heavy (non-hydrogen) atoms. The van der Waals surface area contributed by atoms with Crippen LogP contribution >= 0.6 is 0 Å². The standard InChI is InChI=1S/C45H79NO7/c1-6-8-10-12-14-16-17-18-19-20-21-22-23-24-25-26-28-30-32-34-36-44(48)53-41(39-51-38-37-42(45(49)50)46(3,4)5)40-52-43(47)35-33-31-29-27-15-13-11-9-7-2/h8,10,14,16,18-19,27,29,41-42H,6-7,9,11-13,15,17,20-26,28,30-40H2,1-5H3/b10-8+,16-14+,19-18+,29-27+. The van der Waals surface area contributed by atoms with E-state index in [9.17, 15) is 19.5 Å². The topological polar surface area (TPSA) is 102 Å². The van der Waals surface area contributed by atoms with E-state index in [1.165, 1.54) is 77.0 Å². The summed E-state index contributed by atoms with van der Waals surface area (Å²) in [6, 6.07) is -0.729. The van der Waals surface area contributed by atoms with Crippen LogP contribution in [0, 0.1) is 0 Å². The minimum absolute atomic E-state index is 0.0302. The fourth-order valence-corrected chi connectivity index (χ4v) is 5.91. The van der Waals surface area contributed by atoms with Crippen molar-refractivity contribution < 1.29 is 38.2 Å². The van der Waals surface area contributed by atoms with E-state index >= 15 is 0 Å². The van der Waals surface area contributed by atoms with Gasteiger partial charge in [-0.1, -0.05) is 133 Å². The molecule has 0 aromatic carbocycles. The van der Waals surface area contributed by atoms with Crippen molar-refractivity contribution in [1.82, 2.24) is 0 Å². The Morgan fingerprint density at radius 1 is 0.585 bits per heavy atom. The molecular weight excluding hydrogens is 666 g/mol. The molecule has 8 nitrogen and oxygen atoms in total. The summed E-state index contributed by atoms with van der Waals surface area (Å²) in [7, 11) is 5.39. The minimum atomic E-state index is -1.13. The van der Waals surface area contributed by atoms with E-state index < -0.39 is 18.1 Å². The summed E-state index contributed by atoms with van der Waals surface area (Å²) in [5.74, 6) is -1.79. The first kappa shape index (κ1) is 50.3. The van der Waals surface area contributed by atoms with E-state index in [0.29, 0.717) is 19.3 Å². The number of esters is 2. The fourth-order valence-electron chi connectivity index (χ4n) is 5.91. The summed E-state index contributed by atoms with van der Waals surface area (Å²) < 4.78 is 17.1. The third-order valence-corrected chi connectivity index (χ3v) is 9.20. The molecule has 2 atom stereocenters. The molecule has 0 fully saturated rings. The van der Waals surface area contributed by atoms with E-state index in [4.69, 9.17) is 14.2 Å². The molecule has 0 aromatic heterocycles. The molecule has 0 aliphatic carbocycles. The van der Waals surface area contributed by atoms with Gasteiger partial charge in [0.25, 0.3) is 0 Å². The largest absolute Gasteiger partial charge is 0.544 e. The number of carboxylic acids is 1. The number of ether oxygens (including phenoxy) is 3. The average molecular weight is 746 g/mol. The Hall–Kier alpha value is -2.71. The van der Waals surface area contributed by atoms with Crippen LogP contribution in [0.4, 0.5) is 0 Å². The molecular formula is C45H79NO7. The zero-order valence-electron chi connectivity index (χ0n) is 34.7. The van der Waals surface area contributed by atoms with Crippen LogP contribution in [0.25, 0.3) is 0 Å². The Labute approximate surface area is 325 Å². The van der Waals surface area contributed by atoms with Crippen LogP contribution in [0.5, 0.6) is 0 Å². The molecule has 0 N–H and O–H groups in total. The second-order valence-electron chi connectivity index (χ2n) is 15.2. The van der Waals surface area contributed by atoms with Crippen LogP contribution in [0.1, 0.15) is 168 Å². The highest BCUT2D eigenvalue weighted by Gasteiger charge is 2.25. The molecule has 0 radical (unpaired) electrons. The number of aliphatic carboxylic acids is 1. The van der Waals surface area contributed by atoms with E-state index in [0.717, 1.165) is 51.4 Å². The Morgan fingerprint density at radius 3 is 1.64 bits per heavy atom. The Balaban J connectivity index is 4.30. The predicted octanol–water partition coefficient (Wildman–Crippen LogP) is 9.91. The van der Waals surface area contributed by atoms with Crippen molar-refractivity contribution in [3.05, 3.63) is 48.6 Å². The first-order chi connectivity index (χ1) is 25.6. The molecule has 0 saturated carbocycles. The maximum atomic E-state index is 12.7. The van der Waals surface area contributed by atoms with Crippen LogP contribution in [0.3, 0.4) is 0 Å². The number of carbonyl (C=O) groups excluding carboxylic acids is 3. The van der Waals surface area contributed by atoms with Crippen molar-refractivity contribution in [3.8, 4) is 0 Å². The van der Waals surface area contributed by atoms with Crippen molar-refractivity contribution in [2.75, 3.05) is 41.0 Å². The number of quaternary nitrogens is 1. The van der Waals surface area contributed by atoms with E-state index in [2.05, 4.69) is 62.5 Å². The van der Waals surface area contributed by atoms with Gasteiger partial charge in [-0.05, 0) is 64.2 Å². The molecule has 0 spiro atoms. The number of unbranched alkanes of at least 4 members (excludes halogenated alkanes) is 15. The van der Waals surface area contributed by atoms with Crippen molar-refractivity contribution in [2.24, 2.45) is 0 Å². The zero-order chi connectivity index (χ0) is 39.3. The number of carboxylic acid groups (broad SMARTS) is 1. The molecule has 306 valence electrons. The van der Waals surface area contributed by atoms with Gasteiger partial charge in [-0.3, -0.25) is 9.59 Å². The third kappa shape index (κ3) is 34.8. The van der Waals surface area contributed by atoms with Crippen LogP contribution in [-0.4, -0.2) is 75.5 Å². The summed E-state index contributed by atoms with van der Waals surface area (Å²) in [6.45, 7) is 4.47. The third-order valence-electron chi connectivity index (χ3n) is 9.20. The molecule has 8 heteroatoms. The molecule has 0 aliphatic heterocycles. The fraction of sp³-hybridized carbons (Fsp3) is 0.756. The van der Waals surface area contributed by atoms with Crippen molar-refractivity contribution in [3.63, 3.8) is 0 Å². The van der Waals surface area contributed by atoms with E-state index in [1.807, 2.05) is 0 Å². The molecule has 0 saturated heterocycles. The molecule has 0 aromatic rings. The Kier molecular flexibility index (Phi) is 34.4. The van der Waals surface area contributed by atoms with Gasteiger partial charge in [-0.2, -0.15) is 0 Å². The maximum absolute atomic E-state index is 12.7. The van der Waals surface area contributed by atoms with Gasteiger partial charge in [-0.15, -0.1) is 0 Å². The van der Waals surface area contributed by atoms with Crippen molar-refractivity contribution >= 4 is 17.9 Å². The summed E-state index contributed by atoms with van der Waals surface area (Å²) >= 11 is 0. The average Bonchev–Trinajstić information content (AvgIpc) is 3.11. The predicted molar refractivity (Wildman–Crippen MR) is 217 cm³/mol. The van der Waals surface area contributed by atoms with Crippen molar-refractivity contribution in [2.45, 2.75) is 180 Å². The SMILES string of the molecule is CC/C=C/C/C=C/C/C=C/CCCCCCCCCCCCC(=O)OC(COCCC(C(=O)[O-])[N+](C)(C)C)COC(=O)CCC/C=C/CCCCCC. The van der Waals surface area contributed by atoms with Gasteiger partial charge >= 0.3 is 11.9 Å². The molecule has 0 rings (SSSR count). The quantitative estimate of drug-likeness (QED) is 0.0270. The maximum Gasteiger partial charge on any atom is 0.306 e. The zero-order valence-corrected chi connectivity index (χ0v) is 34.7. The van der Waals surface area contributed by atoms with Crippen LogP contribution in [0.15, 0.2) is 48.6 Å². The van der Waals surface area contributed by atoms with Gasteiger partial charge < -0.3 is 28.6 Å². The molecule has 0 aliphatic rings. The van der Waals surface area contributed by atoms with Gasteiger partial charge in [0.2, 0.25) is 0 Å². The molecule has 0 bridgehead atoms. The van der Waals surface area contributed by atoms with Crippen LogP contribution in [0.2, 0.25) is 0 Å². The number of rotatable bonds is 37.